The minimum atomic E-state index is -0.462. The number of aromatic nitrogens is 2. The third-order valence-corrected chi connectivity index (χ3v) is 6.93. The van der Waals surface area contributed by atoms with Crippen LogP contribution in [0.25, 0.3) is 5.69 Å². The van der Waals surface area contributed by atoms with E-state index in [1.165, 1.54) is 19.2 Å². The Hall–Kier alpha value is -4.31. The zero-order valence-corrected chi connectivity index (χ0v) is 21.2. The van der Waals surface area contributed by atoms with Crippen LogP contribution in [0.15, 0.2) is 72.9 Å². The van der Waals surface area contributed by atoms with Gasteiger partial charge in [0.1, 0.15) is 17.3 Å². The number of anilines is 1. The number of nitro groups is 1. The number of ether oxygens (including phenoxy) is 1. The summed E-state index contributed by atoms with van der Waals surface area (Å²) in [5, 5.41) is 15.7. The Morgan fingerprint density at radius 2 is 1.84 bits per heavy atom. The maximum Gasteiger partial charge on any atom is 0.296 e. The van der Waals surface area contributed by atoms with Gasteiger partial charge in [0, 0.05) is 17.6 Å². The monoisotopic (exact) mass is 517 g/mol. The highest BCUT2D eigenvalue weighted by Gasteiger charge is 2.43. The van der Waals surface area contributed by atoms with E-state index >= 15 is 4.39 Å². The van der Waals surface area contributed by atoms with Gasteiger partial charge in [0.05, 0.1) is 41.6 Å². The molecular formula is C27H24FN5O3S. The van der Waals surface area contributed by atoms with Gasteiger partial charge in [0.2, 0.25) is 0 Å². The summed E-state index contributed by atoms with van der Waals surface area (Å²) >= 11 is 5.71. The summed E-state index contributed by atoms with van der Waals surface area (Å²) in [5.74, 6) is -0.0117. The van der Waals surface area contributed by atoms with Crippen molar-refractivity contribution < 1.29 is 14.1 Å². The molecule has 1 aliphatic rings. The molecule has 2 atom stereocenters. The van der Waals surface area contributed by atoms with E-state index in [0.29, 0.717) is 22.2 Å². The molecule has 2 aromatic carbocycles. The summed E-state index contributed by atoms with van der Waals surface area (Å²) < 4.78 is 22.1. The molecule has 0 radical (unpaired) electrons. The summed E-state index contributed by atoms with van der Waals surface area (Å²) in [6.45, 7) is 3.78. The average Bonchev–Trinajstić information content (AvgIpc) is 3.39. The summed E-state index contributed by atoms with van der Waals surface area (Å²) in [6.07, 6.45) is 1.70. The Morgan fingerprint density at radius 3 is 2.51 bits per heavy atom. The second-order valence-electron chi connectivity index (χ2n) is 8.72. The molecule has 10 heteroatoms. The van der Waals surface area contributed by atoms with E-state index in [1.807, 2.05) is 42.7 Å². The molecule has 0 bridgehead atoms. The number of hydrogen-bond acceptors (Lipinski definition) is 5. The fourth-order valence-electron chi connectivity index (χ4n) is 5.00. The number of methoxy groups -OCH3 is 1. The normalized spacial score (nSPS) is 17.1. The van der Waals surface area contributed by atoms with Crippen molar-refractivity contribution >= 4 is 28.7 Å². The van der Waals surface area contributed by atoms with E-state index in [4.69, 9.17) is 17.0 Å². The van der Waals surface area contributed by atoms with E-state index in [9.17, 15) is 10.1 Å². The number of rotatable bonds is 6. The zero-order valence-electron chi connectivity index (χ0n) is 20.4. The predicted molar refractivity (Wildman–Crippen MR) is 143 cm³/mol. The van der Waals surface area contributed by atoms with Crippen LogP contribution < -0.4 is 15.0 Å². The molecule has 0 amide bonds. The van der Waals surface area contributed by atoms with Crippen LogP contribution in [-0.4, -0.2) is 26.7 Å². The van der Waals surface area contributed by atoms with Crippen LogP contribution in [0, 0.1) is 29.8 Å². The lowest BCUT2D eigenvalue weighted by molar-refractivity contribution is -0.384. The molecule has 1 aliphatic heterocycles. The number of pyridine rings is 1. The summed E-state index contributed by atoms with van der Waals surface area (Å²) in [5.41, 5.74) is 3.80. The molecule has 8 nitrogen and oxygen atoms in total. The molecule has 0 spiro atoms. The van der Waals surface area contributed by atoms with Crippen LogP contribution in [0.2, 0.25) is 0 Å². The van der Waals surface area contributed by atoms with Gasteiger partial charge in [-0.2, -0.15) is 0 Å². The van der Waals surface area contributed by atoms with E-state index in [0.717, 1.165) is 22.6 Å². The number of nitro benzene ring substituents is 1. The summed E-state index contributed by atoms with van der Waals surface area (Å²) in [7, 11) is 1.47. The Labute approximate surface area is 218 Å². The number of nitrogens with zero attached hydrogens (tertiary/aromatic N) is 4. The molecule has 3 heterocycles. The maximum atomic E-state index is 15.1. The molecule has 0 saturated carbocycles. The first-order valence-corrected chi connectivity index (χ1v) is 12.0. The molecule has 1 N–H and O–H groups in total. The highest BCUT2D eigenvalue weighted by Crippen LogP contribution is 2.45. The SMILES string of the molecule is COc1ccc(-n2c(C)cc([C@@H]3[C@H](c4ccccn4)NC(=S)N3c3ccccc3F)c2C)c([N+](=O)[O-])c1. The van der Waals surface area contributed by atoms with Gasteiger partial charge in [-0.25, -0.2) is 4.39 Å². The molecule has 2 aromatic heterocycles. The number of thiocarbonyl (C=S) groups is 1. The molecule has 1 fully saturated rings. The molecule has 4 aromatic rings. The van der Waals surface area contributed by atoms with Crippen LogP contribution in [0.1, 0.15) is 34.7 Å². The van der Waals surface area contributed by atoms with Crippen molar-refractivity contribution in [1.29, 1.82) is 0 Å². The second kappa shape index (κ2) is 9.62. The van der Waals surface area contributed by atoms with Gasteiger partial charge in [-0.3, -0.25) is 15.1 Å². The molecule has 5 rings (SSSR count). The molecule has 0 aliphatic carbocycles. The highest BCUT2D eigenvalue weighted by atomic mass is 32.1. The van der Waals surface area contributed by atoms with Crippen molar-refractivity contribution in [1.82, 2.24) is 14.9 Å². The number of halogens is 1. The fraction of sp³-hybridized carbons (Fsp3) is 0.185. The van der Waals surface area contributed by atoms with E-state index in [1.54, 1.807) is 41.4 Å². The van der Waals surface area contributed by atoms with Gasteiger partial charge in [-0.1, -0.05) is 18.2 Å². The summed E-state index contributed by atoms with van der Waals surface area (Å²) in [6, 6.07) is 18.0. The van der Waals surface area contributed by atoms with Crippen LogP contribution in [0.5, 0.6) is 5.75 Å². The topological polar surface area (TPSA) is 85.5 Å². The van der Waals surface area contributed by atoms with Gasteiger partial charge < -0.3 is 19.5 Å². The van der Waals surface area contributed by atoms with E-state index in [2.05, 4.69) is 10.3 Å². The van der Waals surface area contributed by atoms with Crippen molar-refractivity contribution in [2.75, 3.05) is 12.0 Å². The highest BCUT2D eigenvalue weighted by molar-refractivity contribution is 7.80. The van der Waals surface area contributed by atoms with E-state index < -0.39 is 16.8 Å². The van der Waals surface area contributed by atoms with Crippen molar-refractivity contribution in [2.45, 2.75) is 25.9 Å². The van der Waals surface area contributed by atoms with Crippen molar-refractivity contribution in [3.63, 3.8) is 0 Å². The first-order valence-electron chi connectivity index (χ1n) is 11.6. The number of para-hydroxylation sites is 1. The van der Waals surface area contributed by atoms with Gasteiger partial charge >= 0.3 is 0 Å². The van der Waals surface area contributed by atoms with Crippen LogP contribution in [0.3, 0.4) is 0 Å². The lowest BCUT2D eigenvalue weighted by atomic mass is 9.96. The molecule has 188 valence electrons. The molecular weight excluding hydrogens is 493 g/mol. The Morgan fingerprint density at radius 1 is 1.08 bits per heavy atom. The maximum absolute atomic E-state index is 15.1. The van der Waals surface area contributed by atoms with Gasteiger partial charge in [-0.15, -0.1) is 0 Å². The van der Waals surface area contributed by atoms with Gasteiger partial charge in [-0.05, 0) is 74.1 Å². The standard InChI is InChI=1S/C27H24FN5O3S/c1-16-14-19(17(2)31(16)23-12-11-18(36-3)15-24(23)33(34)35)26-25(21-9-6-7-13-29-21)30-27(37)32(26)22-10-5-4-8-20(22)28/h4-15,25-26H,1-3H3,(H,30,37)/t25-,26+/m0/s1. The first-order chi connectivity index (χ1) is 17.8. The second-order valence-corrected chi connectivity index (χ2v) is 9.11. The number of hydrogen-bond donors (Lipinski definition) is 1. The Bertz CT molecular complexity index is 1510. The number of benzene rings is 2. The molecule has 0 unspecified atom stereocenters. The third-order valence-electron chi connectivity index (χ3n) is 6.62. The van der Waals surface area contributed by atoms with Crippen LogP contribution >= 0.6 is 12.2 Å². The number of nitrogens with one attached hydrogen (secondary N) is 1. The third kappa shape index (κ3) is 4.19. The zero-order chi connectivity index (χ0) is 26.3. The first kappa shape index (κ1) is 24.4. The Kier molecular flexibility index (Phi) is 6.34. The number of aryl methyl sites for hydroxylation is 1. The minimum Gasteiger partial charge on any atom is -0.496 e. The smallest absolute Gasteiger partial charge is 0.296 e. The minimum absolute atomic E-state index is 0.0833. The molecule has 1 saturated heterocycles. The lowest BCUT2D eigenvalue weighted by Gasteiger charge is -2.28. The van der Waals surface area contributed by atoms with Crippen LogP contribution in [-0.2, 0) is 0 Å². The molecule has 37 heavy (non-hydrogen) atoms. The fourth-order valence-corrected chi connectivity index (χ4v) is 5.34. The van der Waals surface area contributed by atoms with Crippen molar-refractivity contribution in [2.24, 2.45) is 0 Å². The van der Waals surface area contributed by atoms with Crippen LogP contribution in [0.4, 0.5) is 15.8 Å². The van der Waals surface area contributed by atoms with E-state index in [-0.39, 0.29) is 11.7 Å². The predicted octanol–water partition coefficient (Wildman–Crippen LogP) is 5.72. The van der Waals surface area contributed by atoms with Crippen molar-refractivity contribution in [3.05, 3.63) is 112 Å². The average molecular weight is 518 g/mol. The largest absolute Gasteiger partial charge is 0.496 e. The lowest BCUT2D eigenvalue weighted by Crippen LogP contribution is -2.30. The van der Waals surface area contributed by atoms with Gasteiger partial charge in [0.15, 0.2) is 5.11 Å². The summed E-state index contributed by atoms with van der Waals surface area (Å²) in [4.78, 5) is 17.8. The van der Waals surface area contributed by atoms with Crippen molar-refractivity contribution in [3.8, 4) is 11.4 Å². The quantitative estimate of drug-likeness (QED) is 0.199. The van der Waals surface area contributed by atoms with Gasteiger partial charge in [0.25, 0.3) is 5.69 Å². The Balaban J connectivity index is 1.72.